The Morgan fingerprint density at radius 1 is 1.33 bits per heavy atom. The van der Waals surface area contributed by atoms with Gasteiger partial charge in [-0.05, 0) is 30.7 Å². The Labute approximate surface area is 123 Å². The van der Waals surface area contributed by atoms with Crippen LogP contribution in [0.25, 0.3) is 10.9 Å². The molecule has 1 unspecified atom stereocenters. The van der Waals surface area contributed by atoms with Crippen molar-refractivity contribution >= 4 is 26.9 Å². The molecule has 0 aliphatic carbocycles. The van der Waals surface area contributed by atoms with Crippen LogP contribution in [0.2, 0.25) is 0 Å². The summed E-state index contributed by atoms with van der Waals surface area (Å²) in [5.41, 5.74) is 0.551. The molecule has 112 valence electrons. The van der Waals surface area contributed by atoms with Crippen molar-refractivity contribution in [3.8, 4) is 0 Å². The highest BCUT2D eigenvalue weighted by atomic mass is 32.2. The highest BCUT2D eigenvalue weighted by molar-refractivity contribution is 7.89. The zero-order chi connectivity index (χ0) is 15.6. The Morgan fingerprint density at radius 2 is 2.05 bits per heavy atom. The number of rotatable bonds is 5. The molecule has 2 aromatic rings. The van der Waals surface area contributed by atoms with E-state index >= 15 is 0 Å². The van der Waals surface area contributed by atoms with Gasteiger partial charge in [0.25, 0.3) is 0 Å². The number of hydrogen-bond acceptors (Lipinski definition) is 4. The third-order valence-electron chi connectivity index (χ3n) is 3.37. The normalized spacial score (nSPS) is 13.5. The van der Waals surface area contributed by atoms with Gasteiger partial charge in [-0.2, -0.15) is 4.31 Å². The summed E-state index contributed by atoms with van der Waals surface area (Å²) in [6.07, 6.45) is 1.77. The minimum Gasteiger partial charge on any atom is -0.480 e. The van der Waals surface area contributed by atoms with E-state index in [4.69, 9.17) is 5.11 Å². The molecule has 2 rings (SSSR count). The van der Waals surface area contributed by atoms with Crippen LogP contribution in [0.1, 0.15) is 13.3 Å². The third-order valence-corrected chi connectivity index (χ3v) is 5.30. The second-order valence-corrected chi connectivity index (χ2v) is 6.58. The molecule has 1 heterocycles. The first-order valence-corrected chi connectivity index (χ1v) is 7.88. The predicted molar refractivity (Wildman–Crippen MR) is 78.4 cm³/mol. The Bertz CT molecular complexity index is 768. The van der Waals surface area contributed by atoms with Gasteiger partial charge in [-0.1, -0.05) is 13.0 Å². The number of sulfonamides is 1. The molecule has 0 fully saturated rings. The largest absolute Gasteiger partial charge is 0.480 e. The molecule has 1 atom stereocenters. The maximum Gasteiger partial charge on any atom is 0.321 e. The molecular weight excluding hydrogens is 292 g/mol. The summed E-state index contributed by atoms with van der Waals surface area (Å²) in [5, 5.41) is 9.63. The summed E-state index contributed by atoms with van der Waals surface area (Å²) >= 11 is 0. The van der Waals surface area contributed by atoms with Crippen LogP contribution in [0.15, 0.2) is 41.4 Å². The van der Waals surface area contributed by atoms with Crippen molar-refractivity contribution in [3.63, 3.8) is 0 Å². The van der Waals surface area contributed by atoms with E-state index in [1.807, 2.05) is 0 Å². The number of pyridine rings is 1. The Hall–Kier alpha value is -1.99. The summed E-state index contributed by atoms with van der Waals surface area (Å²) in [5.74, 6) is -1.16. The van der Waals surface area contributed by atoms with Gasteiger partial charge >= 0.3 is 5.97 Å². The first-order valence-electron chi connectivity index (χ1n) is 6.44. The summed E-state index contributed by atoms with van der Waals surface area (Å²) in [6.45, 7) is 1.63. The number of carboxylic acid groups (broad SMARTS) is 1. The molecule has 0 aliphatic rings. The van der Waals surface area contributed by atoms with Gasteiger partial charge < -0.3 is 5.11 Å². The number of aliphatic carboxylic acids is 1. The first kappa shape index (κ1) is 15.4. The van der Waals surface area contributed by atoms with Gasteiger partial charge in [0.1, 0.15) is 6.04 Å². The molecule has 0 aliphatic heterocycles. The van der Waals surface area contributed by atoms with Crippen molar-refractivity contribution in [3.05, 3.63) is 36.5 Å². The van der Waals surface area contributed by atoms with Gasteiger partial charge in [0, 0.05) is 18.6 Å². The number of fused-ring (bicyclic) bond motifs is 1. The molecule has 21 heavy (non-hydrogen) atoms. The smallest absolute Gasteiger partial charge is 0.321 e. The van der Waals surface area contributed by atoms with E-state index in [1.54, 1.807) is 37.4 Å². The fourth-order valence-corrected chi connectivity index (χ4v) is 3.80. The molecule has 7 heteroatoms. The number of hydrogen-bond donors (Lipinski definition) is 1. The number of aromatic nitrogens is 1. The van der Waals surface area contributed by atoms with Gasteiger partial charge in [0.05, 0.1) is 10.4 Å². The van der Waals surface area contributed by atoms with Crippen molar-refractivity contribution in [2.24, 2.45) is 0 Å². The van der Waals surface area contributed by atoms with Crippen LogP contribution in [-0.4, -0.2) is 41.9 Å². The van der Waals surface area contributed by atoms with E-state index < -0.39 is 22.0 Å². The van der Waals surface area contributed by atoms with E-state index in [9.17, 15) is 13.2 Å². The minimum absolute atomic E-state index is 0.0651. The molecule has 0 saturated carbocycles. The average Bonchev–Trinajstić information content (AvgIpc) is 2.46. The van der Waals surface area contributed by atoms with Gasteiger partial charge in [-0.15, -0.1) is 0 Å². The third kappa shape index (κ3) is 2.74. The van der Waals surface area contributed by atoms with Crippen molar-refractivity contribution in [1.29, 1.82) is 0 Å². The SMILES string of the molecule is CCC(C(=O)O)N(C)S(=O)(=O)c1cccc2ncccc12. The van der Waals surface area contributed by atoms with E-state index in [-0.39, 0.29) is 11.3 Å². The van der Waals surface area contributed by atoms with Crippen molar-refractivity contribution in [2.75, 3.05) is 7.05 Å². The highest BCUT2D eigenvalue weighted by Gasteiger charge is 2.32. The molecule has 0 saturated heterocycles. The Morgan fingerprint density at radius 3 is 2.67 bits per heavy atom. The molecule has 0 amide bonds. The molecule has 0 radical (unpaired) electrons. The first-order chi connectivity index (χ1) is 9.89. The Kier molecular flexibility index (Phi) is 4.24. The molecule has 0 spiro atoms. The number of carbonyl (C=O) groups is 1. The van der Waals surface area contributed by atoms with E-state index in [0.717, 1.165) is 4.31 Å². The van der Waals surface area contributed by atoms with Crippen molar-refractivity contribution < 1.29 is 18.3 Å². The topological polar surface area (TPSA) is 87.6 Å². The van der Waals surface area contributed by atoms with Crippen LogP contribution in [0.4, 0.5) is 0 Å². The summed E-state index contributed by atoms with van der Waals surface area (Å²) in [4.78, 5) is 15.4. The number of carboxylic acids is 1. The lowest BCUT2D eigenvalue weighted by atomic mass is 10.2. The Balaban J connectivity index is 2.59. The maximum absolute atomic E-state index is 12.7. The van der Waals surface area contributed by atoms with Gasteiger partial charge in [-0.3, -0.25) is 9.78 Å². The van der Waals surface area contributed by atoms with Crippen LogP contribution in [0, 0.1) is 0 Å². The van der Waals surface area contributed by atoms with Gasteiger partial charge in [0.2, 0.25) is 10.0 Å². The van der Waals surface area contributed by atoms with Crippen LogP contribution in [-0.2, 0) is 14.8 Å². The second kappa shape index (κ2) is 5.79. The fraction of sp³-hybridized carbons (Fsp3) is 0.286. The molecule has 1 aromatic carbocycles. The molecular formula is C14H16N2O4S. The van der Waals surface area contributed by atoms with Crippen LogP contribution >= 0.6 is 0 Å². The zero-order valence-electron chi connectivity index (χ0n) is 11.7. The van der Waals surface area contributed by atoms with E-state index in [1.165, 1.54) is 13.1 Å². The second-order valence-electron chi connectivity index (χ2n) is 4.61. The lowest BCUT2D eigenvalue weighted by molar-refractivity contribution is -0.141. The molecule has 0 bridgehead atoms. The van der Waals surface area contributed by atoms with Crippen LogP contribution in [0.3, 0.4) is 0 Å². The summed E-state index contributed by atoms with van der Waals surface area (Å²) < 4.78 is 26.3. The number of benzene rings is 1. The maximum atomic E-state index is 12.7. The van der Waals surface area contributed by atoms with E-state index in [2.05, 4.69) is 4.98 Å². The van der Waals surface area contributed by atoms with E-state index in [0.29, 0.717) is 10.9 Å². The van der Waals surface area contributed by atoms with Crippen molar-refractivity contribution in [1.82, 2.24) is 9.29 Å². The number of likely N-dealkylation sites (N-methyl/N-ethyl adjacent to an activating group) is 1. The summed E-state index contributed by atoms with van der Waals surface area (Å²) in [7, 11) is -2.62. The predicted octanol–water partition coefficient (Wildman–Crippen LogP) is 1.72. The monoisotopic (exact) mass is 308 g/mol. The van der Waals surface area contributed by atoms with Crippen LogP contribution in [0.5, 0.6) is 0 Å². The molecule has 1 N–H and O–H groups in total. The van der Waals surface area contributed by atoms with Gasteiger partial charge in [0.15, 0.2) is 0 Å². The molecule has 1 aromatic heterocycles. The van der Waals surface area contributed by atoms with Crippen molar-refractivity contribution in [2.45, 2.75) is 24.3 Å². The highest BCUT2D eigenvalue weighted by Crippen LogP contribution is 2.25. The zero-order valence-corrected chi connectivity index (χ0v) is 12.5. The standard InChI is InChI=1S/C14H16N2O4S/c1-3-12(14(17)18)16(2)21(19,20)13-8-4-7-11-10(13)6-5-9-15-11/h4-9,12H,3H2,1-2H3,(H,17,18). The number of nitrogens with zero attached hydrogens (tertiary/aromatic N) is 2. The minimum atomic E-state index is -3.91. The molecule has 6 nitrogen and oxygen atoms in total. The lowest BCUT2D eigenvalue weighted by Crippen LogP contribution is -2.41. The lowest BCUT2D eigenvalue weighted by Gasteiger charge is -2.23. The van der Waals surface area contributed by atoms with Crippen LogP contribution < -0.4 is 0 Å². The fourth-order valence-electron chi connectivity index (χ4n) is 2.21. The summed E-state index contributed by atoms with van der Waals surface area (Å²) in [6, 6.07) is 6.98. The van der Waals surface area contributed by atoms with Gasteiger partial charge in [-0.25, -0.2) is 8.42 Å². The quantitative estimate of drug-likeness (QED) is 0.908. The average molecular weight is 308 g/mol.